The molecule has 1 heterocycles. The summed E-state index contributed by atoms with van der Waals surface area (Å²) in [5.41, 5.74) is 0. The Morgan fingerprint density at radius 1 is 1.33 bits per heavy atom. The molecule has 0 amide bonds. The summed E-state index contributed by atoms with van der Waals surface area (Å²) in [5.74, 6) is 0.506. The van der Waals surface area contributed by atoms with Crippen LogP contribution in [0.5, 0.6) is 10.9 Å². The monoisotopic (exact) mass is 323 g/mol. The molecule has 78 valence electrons. The van der Waals surface area contributed by atoms with Crippen molar-refractivity contribution in [1.82, 2.24) is 4.98 Å². The largest absolute Gasteiger partial charge is 0.429 e. The third-order valence-corrected chi connectivity index (χ3v) is 3.80. The van der Waals surface area contributed by atoms with Gasteiger partial charge in [0.05, 0.1) is 5.02 Å². The Hall–Kier alpha value is -0.290. The zero-order valence-corrected chi connectivity index (χ0v) is 11.1. The molecule has 2 nitrogen and oxygen atoms in total. The highest BCUT2D eigenvalue weighted by Crippen LogP contribution is 2.35. The molecule has 0 unspecified atom stereocenters. The van der Waals surface area contributed by atoms with Crippen LogP contribution in [-0.2, 0) is 0 Å². The third-order valence-electron chi connectivity index (χ3n) is 1.57. The normalized spacial score (nSPS) is 10.3. The molecule has 1 aromatic heterocycles. The van der Waals surface area contributed by atoms with Crippen molar-refractivity contribution in [1.29, 1.82) is 0 Å². The minimum atomic E-state index is 0.394. The van der Waals surface area contributed by atoms with Crippen LogP contribution in [-0.4, -0.2) is 4.98 Å². The lowest BCUT2D eigenvalue weighted by molar-refractivity contribution is 0.478. The predicted molar refractivity (Wildman–Crippen MR) is 66.4 cm³/mol. The molecule has 0 aliphatic carbocycles. The van der Waals surface area contributed by atoms with Crippen molar-refractivity contribution >= 4 is 50.5 Å². The molecule has 2 rings (SSSR count). The first kappa shape index (κ1) is 11.2. The molecule has 0 aliphatic rings. The number of benzene rings is 1. The first-order chi connectivity index (χ1) is 7.16. The first-order valence-corrected chi connectivity index (χ1v) is 6.32. The fourth-order valence-corrected chi connectivity index (χ4v) is 2.37. The second-order valence-electron chi connectivity index (χ2n) is 2.59. The summed E-state index contributed by atoms with van der Waals surface area (Å²) in [4.78, 5) is 4.09. The smallest absolute Gasteiger partial charge is 0.279 e. The van der Waals surface area contributed by atoms with Crippen molar-refractivity contribution in [3.05, 3.63) is 38.2 Å². The number of aromatic nitrogens is 1. The molecule has 0 atom stereocenters. The molecule has 6 heteroatoms. The van der Waals surface area contributed by atoms with Gasteiger partial charge in [-0.1, -0.05) is 40.6 Å². The van der Waals surface area contributed by atoms with E-state index in [2.05, 4.69) is 20.9 Å². The van der Waals surface area contributed by atoms with Gasteiger partial charge in [0.25, 0.3) is 5.19 Å². The van der Waals surface area contributed by atoms with Gasteiger partial charge in [-0.2, -0.15) is 4.98 Å². The van der Waals surface area contributed by atoms with Crippen molar-refractivity contribution < 1.29 is 4.74 Å². The lowest BCUT2D eigenvalue weighted by atomic mass is 10.3. The van der Waals surface area contributed by atoms with Gasteiger partial charge < -0.3 is 4.74 Å². The van der Waals surface area contributed by atoms with Crippen LogP contribution >= 0.6 is 50.5 Å². The zero-order chi connectivity index (χ0) is 10.8. The van der Waals surface area contributed by atoms with Crippen LogP contribution in [0.25, 0.3) is 0 Å². The minimum Gasteiger partial charge on any atom is -0.429 e. The molecular formula is C9H4BrCl2NOS. The Balaban J connectivity index is 2.28. The van der Waals surface area contributed by atoms with Crippen LogP contribution in [0.15, 0.2) is 28.2 Å². The fraction of sp³-hybridized carbons (Fsp3) is 0. The summed E-state index contributed by atoms with van der Waals surface area (Å²) in [5, 5.41) is 3.20. The van der Waals surface area contributed by atoms with E-state index in [0.29, 0.717) is 21.0 Å². The zero-order valence-electron chi connectivity index (χ0n) is 7.21. The summed E-state index contributed by atoms with van der Waals surface area (Å²) < 4.78 is 6.21. The Bertz CT molecular complexity index is 489. The van der Waals surface area contributed by atoms with E-state index >= 15 is 0 Å². The van der Waals surface area contributed by atoms with E-state index in [4.69, 9.17) is 27.9 Å². The van der Waals surface area contributed by atoms with Gasteiger partial charge in [-0.25, -0.2) is 0 Å². The number of nitrogens with zero attached hydrogens (tertiary/aromatic N) is 1. The molecular weight excluding hydrogens is 321 g/mol. The average molecular weight is 325 g/mol. The topological polar surface area (TPSA) is 22.1 Å². The highest BCUT2D eigenvalue weighted by atomic mass is 79.9. The second kappa shape index (κ2) is 4.70. The number of thiazole rings is 1. The van der Waals surface area contributed by atoms with Crippen LogP contribution < -0.4 is 4.74 Å². The maximum atomic E-state index is 5.96. The third kappa shape index (κ3) is 2.64. The highest BCUT2D eigenvalue weighted by Gasteiger charge is 2.08. The van der Waals surface area contributed by atoms with E-state index < -0.39 is 0 Å². The van der Waals surface area contributed by atoms with Gasteiger partial charge >= 0.3 is 0 Å². The average Bonchev–Trinajstić information content (AvgIpc) is 2.59. The SMILES string of the molecule is Clc1cccc(Oc2nc(Br)cs2)c1Cl. The number of rotatable bonds is 2. The second-order valence-corrected chi connectivity index (χ2v) is 5.01. The summed E-state index contributed by atoms with van der Waals surface area (Å²) in [7, 11) is 0. The number of hydrogen-bond acceptors (Lipinski definition) is 3. The maximum absolute atomic E-state index is 5.96. The van der Waals surface area contributed by atoms with Crippen molar-refractivity contribution in [2.75, 3.05) is 0 Å². The van der Waals surface area contributed by atoms with Gasteiger partial charge in [0.2, 0.25) is 0 Å². The molecule has 2 aromatic rings. The van der Waals surface area contributed by atoms with Gasteiger partial charge in [0.15, 0.2) is 0 Å². The molecule has 0 fully saturated rings. The highest BCUT2D eigenvalue weighted by molar-refractivity contribution is 9.10. The summed E-state index contributed by atoms with van der Waals surface area (Å²) in [6, 6.07) is 5.21. The summed E-state index contributed by atoms with van der Waals surface area (Å²) >= 11 is 16.4. The van der Waals surface area contributed by atoms with Crippen LogP contribution in [0.2, 0.25) is 10.0 Å². The Labute approximate surface area is 109 Å². The maximum Gasteiger partial charge on any atom is 0.279 e. The van der Waals surface area contributed by atoms with E-state index in [1.807, 2.05) is 5.38 Å². The Kier molecular flexibility index (Phi) is 3.51. The Morgan fingerprint density at radius 3 is 2.80 bits per heavy atom. The van der Waals surface area contributed by atoms with Crippen molar-refractivity contribution in [2.45, 2.75) is 0 Å². The fourth-order valence-electron chi connectivity index (χ4n) is 0.943. The standard InChI is InChI=1S/C9H4BrCl2NOS/c10-7-4-15-9(13-7)14-6-3-1-2-5(11)8(6)12/h1-4H. The first-order valence-electron chi connectivity index (χ1n) is 3.89. The van der Waals surface area contributed by atoms with Crippen molar-refractivity contribution in [3.8, 4) is 10.9 Å². The molecule has 0 saturated carbocycles. The van der Waals surface area contributed by atoms with Crippen LogP contribution in [0.3, 0.4) is 0 Å². The lowest BCUT2D eigenvalue weighted by Crippen LogP contribution is -1.84. The summed E-state index contributed by atoms with van der Waals surface area (Å²) in [6.07, 6.45) is 0. The minimum absolute atomic E-state index is 0.394. The van der Waals surface area contributed by atoms with E-state index in [1.165, 1.54) is 11.3 Å². The van der Waals surface area contributed by atoms with Crippen LogP contribution in [0, 0.1) is 0 Å². The molecule has 0 aliphatic heterocycles. The molecule has 15 heavy (non-hydrogen) atoms. The van der Waals surface area contributed by atoms with Gasteiger partial charge in [-0.3, -0.25) is 0 Å². The number of halogens is 3. The molecule has 0 N–H and O–H groups in total. The molecule has 0 spiro atoms. The Morgan fingerprint density at radius 2 is 2.13 bits per heavy atom. The van der Waals surface area contributed by atoms with Crippen molar-refractivity contribution in [3.63, 3.8) is 0 Å². The van der Waals surface area contributed by atoms with E-state index in [-0.39, 0.29) is 0 Å². The molecule has 0 bridgehead atoms. The quantitative estimate of drug-likeness (QED) is 0.775. The van der Waals surface area contributed by atoms with Gasteiger partial charge in [0.1, 0.15) is 15.4 Å². The molecule has 1 aromatic carbocycles. The van der Waals surface area contributed by atoms with Crippen LogP contribution in [0.1, 0.15) is 0 Å². The number of hydrogen-bond donors (Lipinski definition) is 0. The lowest BCUT2D eigenvalue weighted by Gasteiger charge is -2.04. The van der Waals surface area contributed by atoms with Gasteiger partial charge in [0, 0.05) is 5.38 Å². The number of ether oxygens (including phenoxy) is 1. The van der Waals surface area contributed by atoms with E-state index in [9.17, 15) is 0 Å². The van der Waals surface area contributed by atoms with Crippen molar-refractivity contribution in [2.24, 2.45) is 0 Å². The molecule has 0 radical (unpaired) electrons. The van der Waals surface area contributed by atoms with E-state index in [1.54, 1.807) is 18.2 Å². The van der Waals surface area contributed by atoms with E-state index in [0.717, 1.165) is 4.60 Å². The van der Waals surface area contributed by atoms with Gasteiger partial charge in [-0.15, -0.1) is 0 Å². The predicted octanol–water partition coefficient (Wildman–Crippen LogP) is 5.00. The van der Waals surface area contributed by atoms with Crippen LogP contribution in [0.4, 0.5) is 0 Å². The summed E-state index contributed by atoms with van der Waals surface area (Å²) in [6.45, 7) is 0. The van der Waals surface area contributed by atoms with Gasteiger partial charge in [-0.05, 0) is 28.1 Å². The molecule has 0 saturated heterocycles.